The third-order valence-electron chi connectivity index (χ3n) is 5.25. The van der Waals surface area contributed by atoms with Crippen LogP contribution in [-0.2, 0) is 14.4 Å². The molecule has 0 saturated heterocycles. The topological polar surface area (TPSA) is 86.7 Å². The van der Waals surface area contributed by atoms with Crippen LogP contribution in [-0.4, -0.2) is 47.4 Å². The van der Waals surface area contributed by atoms with Gasteiger partial charge in [0.15, 0.2) is 0 Å². The molecule has 0 aliphatic heterocycles. The van der Waals surface area contributed by atoms with Gasteiger partial charge in [0.2, 0.25) is 11.8 Å². The molecule has 0 bridgehead atoms. The molecule has 0 fully saturated rings. The molecule has 0 unspecified atom stereocenters. The van der Waals surface area contributed by atoms with Gasteiger partial charge in [-0.15, -0.1) is 0 Å². The Balaban J connectivity index is 0. The Morgan fingerprint density at radius 3 is 1.83 bits per heavy atom. The average Bonchev–Trinajstić information content (AvgIpc) is 2.66. The number of hydrogen-bond acceptors (Lipinski definition) is 3. The Morgan fingerprint density at radius 1 is 1.03 bits per heavy atom. The molecular weight excluding hydrogens is 380 g/mol. The Kier molecular flexibility index (Phi) is 15.2. The second-order valence-corrected chi connectivity index (χ2v) is 9.05. The third kappa shape index (κ3) is 10.8. The van der Waals surface area contributed by atoms with Crippen LogP contribution in [0, 0.1) is 17.3 Å². The van der Waals surface area contributed by atoms with Gasteiger partial charge in [0, 0.05) is 18.0 Å². The Hall–Kier alpha value is -1.85. The van der Waals surface area contributed by atoms with Gasteiger partial charge in [0.05, 0.1) is 12.6 Å². The molecule has 176 valence electrons. The largest absolute Gasteiger partial charge is 0.478 e. The summed E-state index contributed by atoms with van der Waals surface area (Å²) in [5.74, 6) is -0.423. The van der Waals surface area contributed by atoms with Gasteiger partial charge in [-0.2, -0.15) is 0 Å². The summed E-state index contributed by atoms with van der Waals surface area (Å²) in [7, 11) is 1.64. The van der Waals surface area contributed by atoms with Crippen LogP contribution in [0.15, 0.2) is 11.6 Å². The molecule has 0 spiro atoms. The van der Waals surface area contributed by atoms with Crippen LogP contribution in [0.3, 0.4) is 0 Å². The lowest BCUT2D eigenvalue weighted by molar-refractivity contribution is -0.137. The quantitative estimate of drug-likeness (QED) is 0.461. The van der Waals surface area contributed by atoms with Crippen molar-refractivity contribution in [2.24, 2.45) is 17.3 Å². The van der Waals surface area contributed by atoms with E-state index in [0.29, 0.717) is 0 Å². The SMILES string of the molecule is CC(C)C.CCCC(CC)(CC)C(=O)NCC(=O)N(C)[C@H](/C=C(\C)C(=O)O)C(C)C. The number of carbonyl (C=O) groups excluding carboxylic acids is 2. The highest BCUT2D eigenvalue weighted by Crippen LogP contribution is 2.32. The van der Waals surface area contributed by atoms with E-state index in [-0.39, 0.29) is 35.9 Å². The van der Waals surface area contributed by atoms with Crippen LogP contribution in [0.4, 0.5) is 0 Å². The number of amides is 2. The van der Waals surface area contributed by atoms with Gasteiger partial charge >= 0.3 is 5.97 Å². The second kappa shape index (κ2) is 15.0. The van der Waals surface area contributed by atoms with Gasteiger partial charge in [-0.3, -0.25) is 9.59 Å². The predicted octanol–water partition coefficient (Wildman–Crippen LogP) is 4.89. The van der Waals surface area contributed by atoms with Crippen molar-refractivity contribution in [2.75, 3.05) is 13.6 Å². The zero-order valence-electron chi connectivity index (χ0n) is 21.0. The molecule has 0 saturated carbocycles. The summed E-state index contributed by atoms with van der Waals surface area (Å²) in [6, 6.07) is -0.340. The van der Waals surface area contributed by atoms with Crippen LogP contribution in [0.2, 0.25) is 0 Å². The number of carbonyl (C=O) groups is 3. The first-order chi connectivity index (χ1) is 13.8. The van der Waals surface area contributed by atoms with E-state index in [4.69, 9.17) is 5.11 Å². The van der Waals surface area contributed by atoms with Crippen molar-refractivity contribution in [3.63, 3.8) is 0 Å². The summed E-state index contributed by atoms with van der Waals surface area (Å²) < 4.78 is 0. The van der Waals surface area contributed by atoms with Crippen molar-refractivity contribution in [3.8, 4) is 0 Å². The van der Waals surface area contributed by atoms with Crippen LogP contribution in [0.5, 0.6) is 0 Å². The van der Waals surface area contributed by atoms with Gasteiger partial charge in [0.1, 0.15) is 0 Å². The molecule has 30 heavy (non-hydrogen) atoms. The zero-order chi connectivity index (χ0) is 24.1. The van der Waals surface area contributed by atoms with E-state index in [1.165, 1.54) is 11.8 Å². The minimum Gasteiger partial charge on any atom is -0.478 e. The minimum absolute atomic E-state index is 0.0550. The number of nitrogens with zero attached hydrogens (tertiary/aromatic N) is 1. The molecule has 0 aliphatic rings. The van der Waals surface area contributed by atoms with Crippen molar-refractivity contribution in [1.82, 2.24) is 10.2 Å². The number of carboxylic acids is 1. The van der Waals surface area contributed by atoms with E-state index < -0.39 is 11.4 Å². The summed E-state index contributed by atoms with van der Waals surface area (Å²) in [6.07, 6.45) is 4.78. The van der Waals surface area contributed by atoms with E-state index in [0.717, 1.165) is 31.6 Å². The van der Waals surface area contributed by atoms with E-state index in [2.05, 4.69) is 33.0 Å². The summed E-state index contributed by atoms with van der Waals surface area (Å²) in [4.78, 5) is 37.8. The van der Waals surface area contributed by atoms with Gasteiger partial charge in [-0.25, -0.2) is 4.79 Å². The van der Waals surface area contributed by atoms with Crippen LogP contribution < -0.4 is 5.32 Å². The fourth-order valence-electron chi connectivity index (χ4n) is 3.23. The highest BCUT2D eigenvalue weighted by atomic mass is 16.4. The third-order valence-corrected chi connectivity index (χ3v) is 5.25. The number of nitrogens with one attached hydrogen (secondary N) is 1. The van der Waals surface area contributed by atoms with E-state index in [1.54, 1.807) is 13.1 Å². The fraction of sp³-hybridized carbons (Fsp3) is 0.792. The molecule has 1 atom stereocenters. The minimum atomic E-state index is -1.000. The number of rotatable bonds is 11. The molecule has 6 nitrogen and oxygen atoms in total. The smallest absolute Gasteiger partial charge is 0.331 e. The average molecular weight is 427 g/mol. The number of aliphatic carboxylic acids is 1. The van der Waals surface area contributed by atoms with Crippen molar-refractivity contribution in [2.45, 2.75) is 94.0 Å². The molecule has 0 heterocycles. The molecule has 0 rings (SSSR count). The van der Waals surface area contributed by atoms with Crippen LogP contribution >= 0.6 is 0 Å². The van der Waals surface area contributed by atoms with Crippen molar-refractivity contribution in [1.29, 1.82) is 0 Å². The van der Waals surface area contributed by atoms with E-state index in [1.807, 2.05) is 27.7 Å². The Labute approximate surface area is 184 Å². The lowest BCUT2D eigenvalue weighted by atomic mass is 9.77. The highest BCUT2D eigenvalue weighted by molar-refractivity contribution is 5.88. The molecule has 0 aliphatic carbocycles. The predicted molar refractivity (Wildman–Crippen MR) is 124 cm³/mol. The number of hydrogen-bond donors (Lipinski definition) is 2. The standard InChI is InChI=1S/C20H36N2O4.C4H10/c1-8-11-20(9-2,10-3)19(26)21-13-17(23)22(7)16(14(4)5)12-15(6)18(24)25;1-4(2)3/h12,14,16H,8-11,13H2,1-7H3,(H,21,26)(H,24,25);4H,1-3H3/b15-12+;/t16-;/m1./s1. The maximum Gasteiger partial charge on any atom is 0.331 e. The molecule has 0 aromatic rings. The van der Waals surface area contributed by atoms with Crippen molar-refractivity contribution in [3.05, 3.63) is 11.6 Å². The maximum absolute atomic E-state index is 12.6. The summed E-state index contributed by atoms with van der Waals surface area (Å²) >= 11 is 0. The normalized spacial score (nSPS) is 12.9. The van der Waals surface area contributed by atoms with E-state index in [9.17, 15) is 14.4 Å². The monoisotopic (exact) mass is 426 g/mol. The molecule has 2 N–H and O–H groups in total. The summed E-state index contributed by atoms with van der Waals surface area (Å²) in [6.45, 7) is 17.8. The Morgan fingerprint density at radius 2 is 1.50 bits per heavy atom. The zero-order valence-corrected chi connectivity index (χ0v) is 21.0. The summed E-state index contributed by atoms with van der Waals surface area (Å²) in [5.41, 5.74) is -0.225. The number of carboxylic acid groups (broad SMARTS) is 1. The molecular formula is C24H46N2O4. The Bertz CT molecular complexity index is 561. The lowest BCUT2D eigenvalue weighted by Gasteiger charge is -2.32. The fourth-order valence-corrected chi connectivity index (χ4v) is 3.23. The first-order valence-electron chi connectivity index (χ1n) is 11.2. The maximum atomic E-state index is 12.6. The molecule has 0 aromatic carbocycles. The first kappa shape index (κ1) is 30.3. The lowest BCUT2D eigenvalue weighted by Crippen LogP contribution is -2.48. The molecule has 0 aromatic heterocycles. The van der Waals surface area contributed by atoms with E-state index >= 15 is 0 Å². The first-order valence-corrected chi connectivity index (χ1v) is 11.2. The molecule has 2 amide bonds. The van der Waals surface area contributed by atoms with Crippen molar-refractivity contribution < 1.29 is 19.5 Å². The second-order valence-electron chi connectivity index (χ2n) is 9.05. The number of likely N-dealkylation sites (N-methyl/N-ethyl adjacent to an activating group) is 1. The van der Waals surface area contributed by atoms with Crippen LogP contribution in [0.25, 0.3) is 0 Å². The molecule has 0 radical (unpaired) electrons. The van der Waals surface area contributed by atoms with Crippen LogP contribution in [0.1, 0.15) is 88.0 Å². The van der Waals surface area contributed by atoms with Gasteiger partial charge < -0.3 is 15.3 Å². The summed E-state index contributed by atoms with van der Waals surface area (Å²) in [5, 5.41) is 11.9. The molecule has 6 heteroatoms. The highest BCUT2D eigenvalue weighted by Gasteiger charge is 2.34. The van der Waals surface area contributed by atoms with Gasteiger partial charge in [-0.1, -0.05) is 67.9 Å². The van der Waals surface area contributed by atoms with Gasteiger partial charge in [0.25, 0.3) is 0 Å². The van der Waals surface area contributed by atoms with Gasteiger partial charge in [-0.05, 0) is 38.0 Å². The van der Waals surface area contributed by atoms with Crippen molar-refractivity contribution >= 4 is 17.8 Å².